The van der Waals surface area contributed by atoms with Gasteiger partial charge >= 0.3 is 0 Å². The third-order valence-corrected chi connectivity index (χ3v) is 6.63. The summed E-state index contributed by atoms with van der Waals surface area (Å²) in [6.45, 7) is 5.68. The van der Waals surface area contributed by atoms with Gasteiger partial charge in [0.1, 0.15) is 0 Å². The van der Waals surface area contributed by atoms with Gasteiger partial charge in [-0.3, -0.25) is 14.5 Å². The van der Waals surface area contributed by atoms with E-state index in [0.29, 0.717) is 46.9 Å². The zero-order valence-corrected chi connectivity index (χ0v) is 19.6. The van der Waals surface area contributed by atoms with E-state index in [1.165, 1.54) is 0 Å². The minimum atomic E-state index is -1.51. The number of aromatic nitrogens is 3. The summed E-state index contributed by atoms with van der Waals surface area (Å²) < 4.78 is 43.1. The maximum Gasteiger partial charge on any atom is 0.258 e. The van der Waals surface area contributed by atoms with Gasteiger partial charge < -0.3 is 4.90 Å². The molecule has 0 aliphatic carbocycles. The number of halogens is 4. The summed E-state index contributed by atoms with van der Waals surface area (Å²) >= 11 is 6.37. The quantitative estimate of drug-likeness (QED) is 0.448. The molecule has 3 aromatic rings. The average molecular weight is 477 g/mol. The maximum absolute atomic E-state index is 14.0. The first-order valence-electron chi connectivity index (χ1n) is 10.8. The summed E-state index contributed by atoms with van der Waals surface area (Å²) in [6.07, 6.45) is 3.23. The lowest BCUT2D eigenvalue weighted by molar-refractivity contribution is 0.0512. The molecule has 0 N–H and O–H groups in total. The molecule has 1 aromatic carbocycles. The minimum Gasteiger partial charge on any atom is -0.327 e. The van der Waals surface area contributed by atoms with Gasteiger partial charge in [0.25, 0.3) is 5.91 Å². The normalized spacial score (nSPS) is 17.9. The second-order valence-corrected chi connectivity index (χ2v) is 8.65. The van der Waals surface area contributed by atoms with Gasteiger partial charge in [0.15, 0.2) is 17.5 Å². The third kappa shape index (κ3) is 3.80. The van der Waals surface area contributed by atoms with Crippen molar-refractivity contribution in [3.05, 3.63) is 69.4 Å². The van der Waals surface area contributed by atoms with Crippen molar-refractivity contribution in [3.8, 4) is 11.3 Å². The van der Waals surface area contributed by atoms with Crippen LogP contribution < -0.4 is 0 Å². The Morgan fingerprint density at radius 2 is 1.85 bits per heavy atom. The number of rotatable bonds is 4. The number of pyridine rings is 1. The molecule has 0 spiro atoms. The molecule has 0 radical (unpaired) electrons. The molecule has 3 heterocycles. The molecule has 0 fully saturated rings. The van der Waals surface area contributed by atoms with Crippen LogP contribution in [0.5, 0.6) is 0 Å². The fraction of sp³-hybridized carbons (Fsp3) is 0.375. The van der Waals surface area contributed by atoms with Crippen LogP contribution in [0.25, 0.3) is 11.3 Å². The lowest BCUT2D eigenvalue weighted by Crippen LogP contribution is -2.47. The Hall–Kier alpha value is -2.87. The molecular formula is C24H24ClF3N4O. The van der Waals surface area contributed by atoms with Crippen molar-refractivity contribution in [2.24, 2.45) is 7.05 Å². The van der Waals surface area contributed by atoms with Crippen LogP contribution in [-0.4, -0.2) is 31.6 Å². The molecule has 4 rings (SSSR count). The molecule has 1 aliphatic heterocycles. The van der Waals surface area contributed by atoms with Crippen LogP contribution in [-0.2, 0) is 13.5 Å². The van der Waals surface area contributed by atoms with Gasteiger partial charge in [-0.05, 0) is 44.4 Å². The van der Waals surface area contributed by atoms with Gasteiger partial charge in [0.2, 0.25) is 0 Å². The Labute approximate surface area is 195 Å². The van der Waals surface area contributed by atoms with E-state index in [0.717, 1.165) is 17.7 Å². The predicted molar refractivity (Wildman–Crippen MR) is 119 cm³/mol. The lowest BCUT2D eigenvalue weighted by atomic mass is 9.87. The number of nitrogens with zero attached hydrogens (tertiary/aromatic N) is 4. The summed E-state index contributed by atoms with van der Waals surface area (Å²) in [5, 5.41) is 4.97. The molecular weight excluding hydrogens is 453 g/mol. The van der Waals surface area contributed by atoms with E-state index in [4.69, 9.17) is 11.6 Å². The summed E-state index contributed by atoms with van der Waals surface area (Å²) in [6, 6.07) is 3.00. The van der Waals surface area contributed by atoms with Crippen LogP contribution in [0.15, 0.2) is 24.4 Å². The van der Waals surface area contributed by atoms with Gasteiger partial charge in [-0.2, -0.15) is 5.10 Å². The largest absolute Gasteiger partial charge is 0.327 e. The summed E-state index contributed by atoms with van der Waals surface area (Å²) in [5.41, 5.74) is 3.09. The fourth-order valence-electron chi connectivity index (χ4n) is 4.79. The van der Waals surface area contributed by atoms with Crippen molar-refractivity contribution in [2.75, 3.05) is 0 Å². The van der Waals surface area contributed by atoms with Crippen molar-refractivity contribution in [1.29, 1.82) is 0 Å². The van der Waals surface area contributed by atoms with E-state index in [1.54, 1.807) is 35.8 Å². The highest BCUT2D eigenvalue weighted by Gasteiger charge is 2.41. The van der Waals surface area contributed by atoms with E-state index < -0.39 is 17.5 Å². The number of carbonyl (C=O) groups is 1. The SMILES string of the molecule is CCC1Cc2c(nn(C)c2-c2cc(F)c(F)c(F)c2)[C@H](CC)N1C(=O)c1c(Cl)ccnc1C. The number of fused-ring (bicyclic) bond motifs is 1. The molecule has 1 aliphatic rings. The Balaban J connectivity index is 1.86. The monoisotopic (exact) mass is 476 g/mol. The highest BCUT2D eigenvalue weighted by Crippen LogP contribution is 2.42. The van der Waals surface area contributed by atoms with Crippen LogP contribution in [0.2, 0.25) is 5.02 Å². The Morgan fingerprint density at radius 1 is 1.18 bits per heavy atom. The number of aryl methyl sites for hydroxylation is 2. The van der Waals surface area contributed by atoms with Gasteiger partial charge in [0.05, 0.1) is 33.7 Å². The zero-order valence-electron chi connectivity index (χ0n) is 18.8. The summed E-state index contributed by atoms with van der Waals surface area (Å²) in [4.78, 5) is 19.7. The second kappa shape index (κ2) is 8.82. The minimum absolute atomic E-state index is 0.191. The smallest absolute Gasteiger partial charge is 0.258 e. The molecule has 1 amide bonds. The predicted octanol–water partition coefficient (Wildman–Crippen LogP) is 5.79. The lowest BCUT2D eigenvalue weighted by Gasteiger charge is -2.41. The first-order chi connectivity index (χ1) is 15.7. The Kier molecular flexibility index (Phi) is 6.22. The molecule has 1 unspecified atom stereocenters. The van der Waals surface area contributed by atoms with Gasteiger partial charge in [-0.25, -0.2) is 13.2 Å². The van der Waals surface area contributed by atoms with E-state index in [9.17, 15) is 18.0 Å². The highest BCUT2D eigenvalue weighted by atomic mass is 35.5. The molecule has 0 saturated carbocycles. The Bertz CT molecular complexity index is 1200. The molecule has 33 heavy (non-hydrogen) atoms. The number of hydrogen-bond donors (Lipinski definition) is 0. The van der Waals surface area contributed by atoms with Gasteiger partial charge in [-0.15, -0.1) is 0 Å². The number of amides is 1. The first kappa shape index (κ1) is 23.3. The third-order valence-electron chi connectivity index (χ3n) is 6.31. The highest BCUT2D eigenvalue weighted by molar-refractivity contribution is 6.34. The number of hydrogen-bond acceptors (Lipinski definition) is 3. The van der Waals surface area contributed by atoms with Crippen LogP contribution >= 0.6 is 11.6 Å². The van der Waals surface area contributed by atoms with E-state index in [-0.39, 0.29) is 23.6 Å². The van der Waals surface area contributed by atoms with Crippen molar-refractivity contribution >= 4 is 17.5 Å². The van der Waals surface area contributed by atoms with Crippen molar-refractivity contribution in [2.45, 2.75) is 52.1 Å². The van der Waals surface area contributed by atoms with Crippen molar-refractivity contribution in [1.82, 2.24) is 19.7 Å². The number of carbonyl (C=O) groups excluding carboxylic acids is 1. The van der Waals surface area contributed by atoms with Crippen LogP contribution in [0.4, 0.5) is 13.2 Å². The van der Waals surface area contributed by atoms with Crippen LogP contribution in [0.3, 0.4) is 0 Å². The molecule has 2 aromatic heterocycles. The number of benzene rings is 1. The topological polar surface area (TPSA) is 51.0 Å². The van der Waals surface area contributed by atoms with Gasteiger partial charge in [0, 0.05) is 30.4 Å². The van der Waals surface area contributed by atoms with Crippen LogP contribution in [0.1, 0.15) is 60.0 Å². The standard InChI is InChI=1S/C24H24ClF3N4O/c1-5-14-11-15-22(30-31(4)23(15)13-9-17(26)21(28)18(27)10-13)19(6-2)32(14)24(33)20-12(3)29-8-7-16(20)25/h7-10,14,19H,5-6,11H2,1-4H3/t14?,19-/m0/s1. The van der Waals surface area contributed by atoms with E-state index in [1.807, 2.05) is 13.8 Å². The average Bonchev–Trinajstić information content (AvgIpc) is 3.10. The van der Waals surface area contributed by atoms with Crippen LogP contribution in [0, 0.1) is 24.4 Å². The first-order valence-corrected chi connectivity index (χ1v) is 11.2. The summed E-state index contributed by atoms with van der Waals surface area (Å²) in [7, 11) is 1.68. The van der Waals surface area contributed by atoms with Crippen molar-refractivity contribution in [3.63, 3.8) is 0 Å². The van der Waals surface area contributed by atoms with Gasteiger partial charge in [-0.1, -0.05) is 25.4 Å². The molecule has 9 heteroatoms. The maximum atomic E-state index is 14.0. The zero-order chi connectivity index (χ0) is 24.0. The molecule has 2 atom stereocenters. The van der Waals surface area contributed by atoms with E-state index in [2.05, 4.69) is 10.1 Å². The second-order valence-electron chi connectivity index (χ2n) is 8.25. The summed E-state index contributed by atoms with van der Waals surface area (Å²) in [5.74, 6) is -4.24. The van der Waals surface area contributed by atoms with Crippen molar-refractivity contribution < 1.29 is 18.0 Å². The van der Waals surface area contributed by atoms with E-state index >= 15 is 0 Å². The molecule has 0 saturated heterocycles. The molecule has 0 bridgehead atoms. The molecule has 174 valence electrons. The fourth-order valence-corrected chi connectivity index (χ4v) is 5.06. The Morgan fingerprint density at radius 3 is 2.42 bits per heavy atom. The molecule has 5 nitrogen and oxygen atoms in total.